The van der Waals surface area contributed by atoms with Gasteiger partial charge in [0.05, 0.1) is 0 Å². The summed E-state index contributed by atoms with van der Waals surface area (Å²) in [5, 5.41) is 4.47. The fourth-order valence-corrected chi connectivity index (χ4v) is 3.28. The van der Waals surface area contributed by atoms with Gasteiger partial charge in [-0.2, -0.15) is 0 Å². The third kappa shape index (κ3) is 4.13. The van der Waals surface area contributed by atoms with E-state index in [4.69, 9.17) is 11.6 Å². The number of hydrogen-bond donors (Lipinski definition) is 1. The number of halogens is 1. The quantitative estimate of drug-likeness (QED) is 0.856. The highest BCUT2D eigenvalue weighted by Gasteiger charge is 2.23. The molecule has 0 aromatic heterocycles. The normalized spacial score (nSPS) is 19.0. The smallest absolute Gasteiger partial charge is 0.0426 e. The van der Waals surface area contributed by atoms with Crippen LogP contribution in [0.4, 0.5) is 5.69 Å². The van der Waals surface area contributed by atoms with Crippen LogP contribution in [0.15, 0.2) is 18.2 Å². The molecule has 1 saturated heterocycles. The van der Waals surface area contributed by atoms with Gasteiger partial charge in [-0.05, 0) is 76.4 Å². The van der Waals surface area contributed by atoms with E-state index < -0.39 is 0 Å². The highest BCUT2D eigenvalue weighted by atomic mass is 35.5. The van der Waals surface area contributed by atoms with Crippen molar-refractivity contribution in [2.75, 3.05) is 25.0 Å². The van der Waals surface area contributed by atoms with Crippen LogP contribution in [-0.4, -0.2) is 30.6 Å². The number of aryl methyl sites for hydroxylation is 1. The Morgan fingerprint density at radius 3 is 2.70 bits per heavy atom. The molecule has 0 amide bonds. The molecule has 0 bridgehead atoms. The number of nitrogens with zero attached hydrogens (tertiary/aromatic N) is 1. The standard InChI is InChI=1S/C17H27ClN2/c1-4-9-20-10-7-15(8-11-20)14(3)19-17-12-16(18)6-5-13(17)2/h5-6,12,14-15,19H,4,7-11H2,1-3H3. The zero-order chi connectivity index (χ0) is 14.5. The number of rotatable bonds is 5. The molecule has 2 nitrogen and oxygen atoms in total. The lowest BCUT2D eigenvalue weighted by Gasteiger charge is -2.35. The van der Waals surface area contributed by atoms with E-state index in [9.17, 15) is 0 Å². The fourth-order valence-electron chi connectivity index (χ4n) is 3.11. The summed E-state index contributed by atoms with van der Waals surface area (Å²) < 4.78 is 0. The van der Waals surface area contributed by atoms with Gasteiger partial charge in [-0.1, -0.05) is 24.6 Å². The van der Waals surface area contributed by atoms with Gasteiger partial charge in [0.1, 0.15) is 0 Å². The largest absolute Gasteiger partial charge is 0.382 e. The Labute approximate surface area is 128 Å². The number of likely N-dealkylation sites (tertiary alicyclic amines) is 1. The van der Waals surface area contributed by atoms with Crippen molar-refractivity contribution in [3.8, 4) is 0 Å². The molecule has 1 aromatic rings. The van der Waals surface area contributed by atoms with E-state index in [0.29, 0.717) is 6.04 Å². The van der Waals surface area contributed by atoms with E-state index in [1.807, 2.05) is 12.1 Å². The van der Waals surface area contributed by atoms with Crippen LogP contribution < -0.4 is 5.32 Å². The van der Waals surface area contributed by atoms with Gasteiger partial charge in [-0.25, -0.2) is 0 Å². The average Bonchev–Trinajstić information content (AvgIpc) is 2.44. The minimum atomic E-state index is 0.510. The molecule has 20 heavy (non-hydrogen) atoms. The van der Waals surface area contributed by atoms with Crippen LogP contribution in [0.1, 0.15) is 38.7 Å². The van der Waals surface area contributed by atoms with Gasteiger partial charge < -0.3 is 10.2 Å². The molecule has 1 atom stereocenters. The molecule has 1 fully saturated rings. The summed E-state index contributed by atoms with van der Waals surface area (Å²) in [7, 11) is 0. The molecule has 0 aliphatic carbocycles. The fraction of sp³-hybridized carbons (Fsp3) is 0.647. The summed E-state index contributed by atoms with van der Waals surface area (Å²) in [6.07, 6.45) is 3.86. The summed E-state index contributed by atoms with van der Waals surface area (Å²) in [5.41, 5.74) is 2.45. The summed E-state index contributed by atoms with van der Waals surface area (Å²) in [6, 6.07) is 6.59. The predicted molar refractivity (Wildman–Crippen MR) is 88.7 cm³/mol. The average molecular weight is 295 g/mol. The second-order valence-corrected chi connectivity index (χ2v) is 6.51. The third-order valence-electron chi connectivity index (χ3n) is 4.46. The van der Waals surface area contributed by atoms with Gasteiger partial charge in [-0.15, -0.1) is 0 Å². The van der Waals surface area contributed by atoms with E-state index in [1.54, 1.807) is 0 Å². The van der Waals surface area contributed by atoms with Crippen molar-refractivity contribution in [3.05, 3.63) is 28.8 Å². The third-order valence-corrected chi connectivity index (χ3v) is 4.70. The second kappa shape index (κ2) is 7.33. The summed E-state index contributed by atoms with van der Waals surface area (Å²) in [6.45, 7) is 10.5. The number of benzene rings is 1. The zero-order valence-corrected chi connectivity index (χ0v) is 13.7. The summed E-state index contributed by atoms with van der Waals surface area (Å²) >= 11 is 6.09. The molecule has 1 aliphatic rings. The maximum absolute atomic E-state index is 6.09. The molecule has 0 radical (unpaired) electrons. The van der Waals surface area contributed by atoms with Gasteiger partial charge in [0.25, 0.3) is 0 Å². The van der Waals surface area contributed by atoms with Gasteiger partial charge in [0, 0.05) is 16.8 Å². The number of hydrogen-bond acceptors (Lipinski definition) is 2. The van der Waals surface area contributed by atoms with E-state index >= 15 is 0 Å². The molecule has 1 heterocycles. The molecule has 1 aromatic carbocycles. The van der Waals surface area contributed by atoms with Crippen LogP contribution in [0.5, 0.6) is 0 Å². The van der Waals surface area contributed by atoms with Crippen LogP contribution in [0.25, 0.3) is 0 Å². The maximum Gasteiger partial charge on any atom is 0.0426 e. The van der Waals surface area contributed by atoms with Crippen LogP contribution in [0.3, 0.4) is 0 Å². The number of anilines is 1. The summed E-state index contributed by atoms with van der Waals surface area (Å²) in [4.78, 5) is 2.59. The Kier molecular flexibility index (Phi) is 5.74. The first-order valence-corrected chi connectivity index (χ1v) is 8.23. The lowest BCUT2D eigenvalue weighted by atomic mass is 9.90. The first-order valence-electron chi connectivity index (χ1n) is 7.85. The lowest BCUT2D eigenvalue weighted by molar-refractivity contribution is 0.176. The first-order chi connectivity index (χ1) is 9.60. The molecule has 0 saturated carbocycles. The molecule has 112 valence electrons. The van der Waals surface area contributed by atoms with Gasteiger partial charge >= 0.3 is 0 Å². The Morgan fingerprint density at radius 1 is 1.35 bits per heavy atom. The molecule has 1 unspecified atom stereocenters. The van der Waals surface area contributed by atoms with E-state index in [2.05, 4.69) is 37.1 Å². The van der Waals surface area contributed by atoms with Gasteiger partial charge in [0.15, 0.2) is 0 Å². The summed E-state index contributed by atoms with van der Waals surface area (Å²) in [5.74, 6) is 0.765. The van der Waals surface area contributed by atoms with Crippen molar-refractivity contribution in [1.29, 1.82) is 0 Å². The Hall–Kier alpha value is -0.730. The lowest BCUT2D eigenvalue weighted by Crippen LogP contribution is -2.39. The van der Waals surface area contributed by atoms with Crippen molar-refractivity contribution in [1.82, 2.24) is 4.90 Å². The van der Waals surface area contributed by atoms with Crippen molar-refractivity contribution in [2.24, 2.45) is 5.92 Å². The SMILES string of the molecule is CCCN1CCC(C(C)Nc2cc(Cl)ccc2C)CC1. The van der Waals surface area contributed by atoms with Gasteiger partial charge in [0.2, 0.25) is 0 Å². The molecular formula is C17H27ClN2. The van der Waals surface area contributed by atoms with Crippen LogP contribution in [0.2, 0.25) is 5.02 Å². The van der Waals surface area contributed by atoms with Crippen LogP contribution in [-0.2, 0) is 0 Å². The highest BCUT2D eigenvalue weighted by molar-refractivity contribution is 6.30. The van der Waals surface area contributed by atoms with Crippen molar-refractivity contribution in [3.63, 3.8) is 0 Å². The second-order valence-electron chi connectivity index (χ2n) is 6.07. The first kappa shape index (κ1) is 15.7. The van der Waals surface area contributed by atoms with E-state index in [1.165, 1.54) is 50.1 Å². The minimum absolute atomic E-state index is 0.510. The van der Waals surface area contributed by atoms with Crippen LogP contribution >= 0.6 is 11.6 Å². The number of nitrogens with one attached hydrogen (secondary N) is 1. The van der Waals surface area contributed by atoms with Crippen molar-refractivity contribution >= 4 is 17.3 Å². The van der Waals surface area contributed by atoms with Gasteiger partial charge in [-0.3, -0.25) is 0 Å². The van der Waals surface area contributed by atoms with Crippen molar-refractivity contribution < 1.29 is 0 Å². The molecule has 1 N–H and O–H groups in total. The van der Waals surface area contributed by atoms with Crippen molar-refractivity contribution in [2.45, 2.75) is 46.1 Å². The predicted octanol–water partition coefficient (Wildman–Crippen LogP) is 4.57. The Bertz CT molecular complexity index is 425. The van der Waals surface area contributed by atoms with E-state index in [-0.39, 0.29) is 0 Å². The topological polar surface area (TPSA) is 15.3 Å². The molecule has 3 heteroatoms. The molecule has 1 aliphatic heterocycles. The maximum atomic E-state index is 6.09. The molecular weight excluding hydrogens is 268 g/mol. The zero-order valence-electron chi connectivity index (χ0n) is 13.0. The monoisotopic (exact) mass is 294 g/mol. The number of piperidine rings is 1. The minimum Gasteiger partial charge on any atom is -0.382 e. The highest BCUT2D eigenvalue weighted by Crippen LogP contribution is 2.26. The Balaban J connectivity index is 1.89. The van der Waals surface area contributed by atoms with Crippen LogP contribution in [0, 0.1) is 12.8 Å². The Morgan fingerprint density at radius 2 is 2.05 bits per heavy atom. The van der Waals surface area contributed by atoms with E-state index in [0.717, 1.165) is 10.9 Å². The molecule has 0 spiro atoms. The molecule has 2 rings (SSSR count).